The Bertz CT molecular complexity index is 846. The number of carbonyl (C=O) groups is 1. The van der Waals surface area contributed by atoms with Gasteiger partial charge in [-0.2, -0.15) is 0 Å². The van der Waals surface area contributed by atoms with Gasteiger partial charge in [0.25, 0.3) is 0 Å². The molecule has 0 aliphatic rings. The van der Waals surface area contributed by atoms with Gasteiger partial charge in [-0.1, -0.05) is 24.3 Å². The lowest BCUT2D eigenvalue weighted by Gasteiger charge is -2.04. The van der Waals surface area contributed by atoms with E-state index in [0.717, 1.165) is 11.8 Å². The van der Waals surface area contributed by atoms with Crippen molar-refractivity contribution in [2.45, 2.75) is 6.54 Å². The summed E-state index contributed by atoms with van der Waals surface area (Å²) in [6.07, 6.45) is 4.03. The standard InChI is InChI=1S/C17H17FN2O3S/c1-24(22,23)20-16-8-5-13(6-9-16)7-10-17(21)19-12-14-3-2-4-15(18)11-14/h2-11,20H,12H2,1H3,(H,19,21)/b10-7+. The molecule has 0 heterocycles. The minimum Gasteiger partial charge on any atom is -0.348 e. The van der Waals surface area contributed by atoms with E-state index in [4.69, 9.17) is 0 Å². The van der Waals surface area contributed by atoms with Crippen LogP contribution in [0.4, 0.5) is 10.1 Å². The lowest BCUT2D eigenvalue weighted by atomic mass is 10.2. The molecular weight excluding hydrogens is 331 g/mol. The van der Waals surface area contributed by atoms with Gasteiger partial charge in [-0.3, -0.25) is 9.52 Å². The molecule has 0 aliphatic heterocycles. The van der Waals surface area contributed by atoms with Crippen LogP contribution in [0.25, 0.3) is 6.08 Å². The van der Waals surface area contributed by atoms with Gasteiger partial charge in [-0.25, -0.2) is 12.8 Å². The fourth-order valence-corrected chi connectivity index (χ4v) is 2.51. The molecule has 5 nitrogen and oxygen atoms in total. The summed E-state index contributed by atoms with van der Waals surface area (Å²) in [7, 11) is -3.31. The third-order valence-electron chi connectivity index (χ3n) is 3.00. The van der Waals surface area contributed by atoms with Crippen molar-refractivity contribution in [2.24, 2.45) is 0 Å². The summed E-state index contributed by atoms with van der Waals surface area (Å²) in [6.45, 7) is 0.234. The fraction of sp³-hybridized carbons (Fsp3) is 0.118. The number of nitrogens with one attached hydrogen (secondary N) is 2. The Kier molecular flexibility index (Phi) is 5.70. The molecular formula is C17H17FN2O3S. The number of carbonyl (C=O) groups excluding carboxylic acids is 1. The van der Waals surface area contributed by atoms with E-state index < -0.39 is 10.0 Å². The average molecular weight is 348 g/mol. The predicted octanol–water partition coefficient (Wildman–Crippen LogP) is 2.53. The lowest BCUT2D eigenvalue weighted by molar-refractivity contribution is -0.116. The van der Waals surface area contributed by atoms with Crippen LogP contribution in [0.15, 0.2) is 54.6 Å². The van der Waals surface area contributed by atoms with Gasteiger partial charge in [-0.15, -0.1) is 0 Å². The van der Waals surface area contributed by atoms with Gasteiger partial charge >= 0.3 is 0 Å². The molecule has 0 aliphatic carbocycles. The molecule has 0 radical (unpaired) electrons. The van der Waals surface area contributed by atoms with Gasteiger partial charge < -0.3 is 5.32 Å². The normalized spacial score (nSPS) is 11.4. The summed E-state index contributed by atoms with van der Waals surface area (Å²) in [4.78, 5) is 11.7. The van der Waals surface area contributed by atoms with Gasteiger partial charge in [-0.05, 0) is 41.5 Å². The smallest absolute Gasteiger partial charge is 0.244 e. The Morgan fingerprint density at radius 3 is 2.50 bits per heavy atom. The summed E-state index contributed by atoms with van der Waals surface area (Å²) >= 11 is 0. The van der Waals surface area contributed by atoms with Crippen LogP contribution >= 0.6 is 0 Å². The van der Waals surface area contributed by atoms with E-state index in [2.05, 4.69) is 10.0 Å². The van der Waals surface area contributed by atoms with E-state index in [0.29, 0.717) is 11.3 Å². The molecule has 0 unspecified atom stereocenters. The number of anilines is 1. The molecule has 2 aromatic rings. The highest BCUT2D eigenvalue weighted by atomic mass is 32.2. The third kappa shape index (κ3) is 6.21. The molecule has 2 aromatic carbocycles. The maximum Gasteiger partial charge on any atom is 0.244 e. The van der Waals surface area contributed by atoms with Gasteiger partial charge in [0.05, 0.1) is 6.26 Å². The molecule has 2 rings (SSSR count). The molecule has 0 aromatic heterocycles. The van der Waals surface area contributed by atoms with E-state index in [9.17, 15) is 17.6 Å². The number of amides is 1. The number of hydrogen-bond acceptors (Lipinski definition) is 3. The second kappa shape index (κ2) is 7.74. The Morgan fingerprint density at radius 2 is 1.88 bits per heavy atom. The van der Waals surface area contributed by atoms with Gasteiger partial charge in [0.1, 0.15) is 5.82 Å². The second-order valence-corrected chi connectivity index (χ2v) is 6.93. The molecule has 0 spiro atoms. The topological polar surface area (TPSA) is 75.3 Å². The predicted molar refractivity (Wildman–Crippen MR) is 92.2 cm³/mol. The van der Waals surface area contributed by atoms with Gasteiger partial charge in [0, 0.05) is 18.3 Å². The molecule has 0 saturated carbocycles. The molecule has 2 N–H and O–H groups in total. The van der Waals surface area contributed by atoms with Gasteiger partial charge in [0.2, 0.25) is 15.9 Å². The molecule has 7 heteroatoms. The summed E-state index contributed by atoms with van der Waals surface area (Å²) in [5.74, 6) is -0.655. The van der Waals surface area contributed by atoms with Crippen LogP contribution in [-0.4, -0.2) is 20.6 Å². The van der Waals surface area contributed by atoms with Gasteiger partial charge in [0.15, 0.2) is 0 Å². The lowest BCUT2D eigenvalue weighted by Crippen LogP contribution is -2.20. The minimum absolute atomic E-state index is 0.234. The highest BCUT2D eigenvalue weighted by molar-refractivity contribution is 7.92. The summed E-state index contributed by atoms with van der Waals surface area (Å²) < 4.78 is 37.6. The number of benzene rings is 2. The number of hydrogen-bond donors (Lipinski definition) is 2. The van der Waals surface area contributed by atoms with Crippen molar-refractivity contribution in [1.29, 1.82) is 0 Å². The fourth-order valence-electron chi connectivity index (χ4n) is 1.94. The Balaban J connectivity index is 1.89. The van der Waals surface area contributed by atoms with Crippen LogP contribution in [0.1, 0.15) is 11.1 Å². The monoisotopic (exact) mass is 348 g/mol. The van der Waals surface area contributed by atoms with Crippen LogP contribution in [0.2, 0.25) is 0 Å². The van der Waals surface area contributed by atoms with Crippen LogP contribution < -0.4 is 10.0 Å². The van der Waals surface area contributed by atoms with Crippen molar-refractivity contribution >= 4 is 27.7 Å². The van der Waals surface area contributed by atoms with Crippen LogP contribution in [0.5, 0.6) is 0 Å². The molecule has 0 atom stereocenters. The summed E-state index contributed by atoms with van der Waals surface area (Å²) in [6, 6.07) is 12.6. The molecule has 1 amide bonds. The van der Waals surface area contributed by atoms with E-state index >= 15 is 0 Å². The van der Waals surface area contributed by atoms with Crippen molar-refractivity contribution in [3.8, 4) is 0 Å². The van der Waals surface area contributed by atoms with Crippen molar-refractivity contribution < 1.29 is 17.6 Å². The Hall–Kier alpha value is -2.67. The Labute approximate surface area is 140 Å². The first-order valence-electron chi connectivity index (χ1n) is 7.10. The second-order valence-electron chi connectivity index (χ2n) is 5.18. The number of halogens is 1. The molecule has 24 heavy (non-hydrogen) atoms. The average Bonchev–Trinajstić information content (AvgIpc) is 2.51. The van der Waals surface area contributed by atoms with Crippen molar-refractivity contribution in [1.82, 2.24) is 5.32 Å². The summed E-state index contributed by atoms with van der Waals surface area (Å²) in [5, 5.41) is 2.65. The molecule has 0 fully saturated rings. The van der Waals surface area contributed by atoms with E-state index in [-0.39, 0.29) is 18.3 Å². The zero-order valence-electron chi connectivity index (χ0n) is 13.0. The van der Waals surface area contributed by atoms with Crippen LogP contribution in [-0.2, 0) is 21.4 Å². The molecule has 0 bridgehead atoms. The zero-order valence-corrected chi connectivity index (χ0v) is 13.8. The Morgan fingerprint density at radius 1 is 1.17 bits per heavy atom. The maximum absolute atomic E-state index is 13.0. The van der Waals surface area contributed by atoms with Crippen LogP contribution in [0.3, 0.4) is 0 Å². The highest BCUT2D eigenvalue weighted by Gasteiger charge is 2.01. The first kappa shape index (κ1) is 17.7. The third-order valence-corrected chi connectivity index (χ3v) is 3.60. The maximum atomic E-state index is 13.0. The van der Waals surface area contributed by atoms with Crippen LogP contribution in [0, 0.1) is 5.82 Å². The van der Waals surface area contributed by atoms with E-state index in [1.807, 2.05) is 0 Å². The molecule has 0 saturated heterocycles. The van der Waals surface area contributed by atoms with Crippen molar-refractivity contribution in [3.63, 3.8) is 0 Å². The highest BCUT2D eigenvalue weighted by Crippen LogP contribution is 2.12. The van der Waals surface area contributed by atoms with E-state index in [1.54, 1.807) is 42.5 Å². The SMILES string of the molecule is CS(=O)(=O)Nc1ccc(/C=C/C(=O)NCc2cccc(F)c2)cc1. The van der Waals surface area contributed by atoms with Crippen molar-refractivity contribution in [3.05, 3.63) is 71.6 Å². The van der Waals surface area contributed by atoms with Crippen molar-refractivity contribution in [2.75, 3.05) is 11.0 Å². The van der Waals surface area contributed by atoms with E-state index in [1.165, 1.54) is 18.2 Å². The zero-order chi connectivity index (χ0) is 17.6. The minimum atomic E-state index is -3.31. The molecule has 126 valence electrons. The largest absolute Gasteiger partial charge is 0.348 e. The summed E-state index contributed by atoms with van der Waals surface area (Å²) in [5.41, 5.74) is 1.87. The number of rotatable bonds is 6. The quantitative estimate of drug-likeness (QED) is 0.788. The number of sulfonamides is 1. The first-order chi connectivity index (χ1) is 11.3. The first-order valence-corrected chi connectivity index (χ1v) is 8.99.